The Morgan fingerprint density at radius 3 is 2.35 bits per heavy atom. The maximum Gasteiger partial charge on any atom is 0.257 e. The van der Waals surface area contributed by atoms with Crippen molar-refractivity contribution in [3.8, 4) is 22.6 Å². The van der Waals surface area contributed by atoms with Crippen LogP contribution in [0.2, 0.25) is 0 Å². The summed E-state index contributed by atoms with van der Waals surface area (Å²) in [7, 11) is 5.68. The van der Waals surface area contributed by atoms with E-state index in [0.29, 0.717) is 6.54 Å². The van der Waals surface area contributed by atoms with Crippen LogP contribution in [-0.2, 0) is 17.8 Å². The van der Waals surface area contributed by atoms with Crippen LogP contribution in [0.25, 0.3) is 11.1 Å². The topological polar surface area (TPSA) is 50.8 Å². The molecule has 0 saturated heterocycles. The Hall–Kier alpha value is -3.31. The molecular weight excluding hydrogens is 388 g/mol. The van der Waals surface area contributed by atoms with Gasteiger partial charge in [-0.1, -0.05) is 48.5 Å². The van der Waals surface area contributed by atoms with Crippen molar-refractivity contribution in [3.63, 3.8) is 0 Å². The van der Waals surface area contributed by atoms with Gasteiger partial charge in [-0.25, -0.2) is 0 Å². The van der Waals surface area contributed by atoms with Crippen LogP contribution in [0.1, 0.15) is 11.1 Å². The van der Waals surface area contributed by atoms with Gasteiger partial charge in [0.25, 0.3) is 5.91 Å². The maximum absolute atomic E-state index is 12.3. The van der Waals surface area contributed by atoms with Crippen molar-refractivity contribution < 1.29 is 14.3 Å². The number of rotatable bonds is 10. The standard InChI is InChI=1S/C26H30N2O3/c1-28(2)18-23-17-22(21-7-5-4-6-8-21)11-14-25(23)31-19-26(29)27-16-15-20-9-12-24(30-3)13-10-20/h4-14,17H,15-16,18-19H2,1-3H3,(H,27,29). The fraction of sp³-hybridized carbons (Fsp3) is 0.269. The van der Waals surface area contributed by atoms with Crippen LogP contribution in [0, 0.1) is 0 Å². The zero-order valence-corrected chi connectivity index (χ0v) is 18.4. The van der Waals surface area contributed by atoms with Gasteiger partial charge in [-0.2, -0.15) is 0 Å². The van der Waals surface area contributed by atoms with E-state index in [4.69, 9.17) is 9.47 Å². The van der Waals surface area contributed by atoms with Gasteiger partial charge < -0.3 is 19.7 Å². The first-order valence-corrected chi connectivity index (χ1v) is 10.4. The zero-order chi connectivity index (χ0) is 22.1. The molecule has 3 aromatic carbocycles. The van der Waals surface area contributed by atoms with Crippen molar-refractivity contribution >= 4 is 5.91 Å². The third kappa shape index (κ3) is 6.86. The summed E-state index contributed by atoms with van der Waals surface area (Å²) < 4.78 is 11.0. The molecule has 0 aliphatic rings. The zero-order valence-electron chi connectivity index (χ0n) is 18.4. The molecular formula is C26H30N2O3. The molecule has 0 heterocycles. The smallest absolute Gasteiger partial charge is 0.257 e. The van der Waals surface area contributed by atoms with Gasteiger partial charge in [-0.05, 0) is 61.5 Å². The summed E-state index contributed by atoms with van der Waals surface area (Å²) in [6.45, 7) is 1.29. The minimum absolute atomic E-state index is 0.00623. The van der Waals surface area contributed by atoms with Crippen LogP contribution in [0.4, 0.5) is 0 Å². The molecule has 162 valence electrons. The lowest BCUT2D eigenvalue weighted by molar-refractivity contribution is -0.123. The molecule has 5 nitrogen and oxygen atoms in total. The highest BCUT2D eigenvalue weighted by Gasteiger charge is 2.10. The van der Waals surface area contributed by atoms with Gasteiger partial charge in [-0.3, -0.25) is 4.79 Å². The maximum atomic E-state index is 12.3. The summed E-state index contributed by atoms with van der Waals surface area (Å²) in [6.07, 6.45) is 0.757. The van der Waals surface area contributed by atoms with E-state index < -0.39 is 0 Å². The van der Waals surface area contributed by atoms with Crippen molar-refractivity contribution in [1.82, 2.24) is 10.2 Å². The third-order valence-electron chi connectivity index (χ3n) is 4.91. The Kier molecular flexibility index (Phi) is 8.07. The number of amides is 1. The number of nitrogens with one attached hydrogen (secondary N) is 1. The number of ether oxygens (including phenoxy) is 2. The van der Waals surface area contributed by atoms with Crippen molar-refractivity contribution in [1.29, 1.82) is 0 Å². The monoisotopic (exact) mass is 418 g/mol. The minimum atomic E-state index is -0.128. The van der Waals surface area contributed by atoms with Crippen LogP contribution >= 0.6 is 0 Å². The molecule has 1 N–H and O–H groups in total. The van der Waals surface area contributed by atoms with Gasteiger partial charge in [0.15, 0.2) is 6.61 Å². The molecule has 5 heteroatoms. The molecule has 0 unspecified atom stereocenters. The molecule has 3 rings (SSSR count). The Morgan fingerprint density at radius 2 is 1.68 bits per heavy atom. The molecule has 1 amide bonds. The summed E-state index contributed by atoms with van der Waals surface area (Å²) in [5.74, 6) is 1.43. The number of hydrogen-bond donors (Lipinski definition) is 1. The predicted octanol–water partition coefficient (Wildman–Crippen LogP) is 4.16. The van der Waals surface area contributed by atoms with Gasteiger partial charge in [0.05, 0.1) is 7.11 Å². The molecule has 0 radical (unpaired) electrons. The summed E-state index contributed by atoms with van der Waals surface area (Å²) in [4.78, 5) is 14.4. The second kappa shape index (κ2) is 11.2. The number of methoxy groups -OCH3 is 1. The third-order valence-corrected chi connectivity index (χ3v) is 4.91. The SMILES string of the molecule is COc1ccc(CCNC(=O)COc2ccc(-c3ccccc3)cc2CN(C)C)cc1. The largest absolute Gasteiger partial charge is 0.497 e. The summed E-state index contributed by atoms with van der Waals surface area (Å²) in [5.41, 5.74) is 4.49. The van der Waals surface area contributed by atoms with Crippen LogP contribution in [-0.4, -0.2) is 45.2 Å². The molecule has 0 aliphatic carbocycles. The van der Waals surface area contributed by atoms with Crippen LogP contribution < -0.4 is 14.8 Å². The molecule has 0 bridgehead atoms. The van der Waals surface area contributed by atoms with Gasteiger partial charge >= 0.3 is 0 Å². The van der Waals surface area contributed by atoms with Gasteiger partial charge in [0, 0.05) is 18.7 Å². The Bertz CT molecular complexity index is 970. The summed E-state index contributed by atoms with van der Waals surface area (Å²) in [6, 6.07) is 24.2. The second-order valence-corrected chi connectivity index (χ2v) is 7.66. The average Bonchev–Trinajstić information content (AvgIpc) is 2.79. The second-order valence-electron chi connectivity index (χ2n) is 7.66. The molecule has 0 aromatic heterocycles. The highest BCUT2D eigenvalue weighted by Crippen LogP contribution is 2.27. The van der Waals surface area contributed by atoms with E-state index in [2.05, 4.69) is 28.4 Å². The van der Waals surface area contributed by atoms with Crippen LogP contribution in [0.3, 0.4) is 0 Å². The number of hydrogen-bond acceptors (Lipinski definition) is 4. The summed E-state index contributed by atoms with van der Waals surface area (Å²) >= 11 is 0. The van der Waals surface area contributed by atoms with E-state index >= 15 is 0 Å². The number of carbonyl (C=O) groups is 1. The quantitative estimate of drug-likeness (QED) is 0.537. The fourth-order valence-corrected chi connectivity index (χ4v) is 3.33. The number of nitrogens with zero attached hydrogens (tertiary/aromatic N) is 1. The Morgan fingerprint density at radius 1 is 0.935 bits per heavy atom. The minimum Gasteiger partial charge on any atom is -0.497 e. The lowest BCUT2D eigenvalue weighted by atomic mass is 10.0. The van der Waals surface area contributed by atoms with E-state index in [1.54, 1.807) is 7.11 Å². The van der Waals surface area contributed by atoms with Crippen molar-refractivity contribution in [2.75, 3.05) is 34.4 Å². The first-order valence-electron chi connectivity index (χ1n) is 10.4. The van der Waals surface area contributed by atoms with Crippen molar-refractivity contribution in [2.45, 2.75) is 13.0 Å². The normalized spacial score (nSPS) is 10.7. The van der Waals surface area contributed by atoms with Crippen LogP contribution in [0.15, 0.2) is 72.8 Å². The molecule has 0 fully saturated rings. The molecule has 0 saturated carbocycles. The van der Waals surface area contributed by atoms with Gasteiger partial charge in [-0.15, -0.1) is 0 Å². The number of carbonyl (C=O) groups excluding carboxylic acids is 1. The predicted molar refractivity (Wildman–Crippen MR) is 124 cm³/mol. The van der Waals surface area contributed by atoms with Crippen LogP contribution in [0.5, 0.6) is 11.5 Å². The molecule has 3 aromatic rings. The van der Waals surface area contributed by atoms with E-state index in [0.717, 1.165) is 46.7 Å². The first kappa shape index (κ1) is 22.4. The van der Waals surface area contributed by atoms with E-state index in [1.807, 2.05) is 68.7 Å². The Balaban J connectivity index is 1.56. The molecule has 0 spiro atoms. The molecule has 31 heavy (non-hydrogen) atoms. The molecule has 0 aliphatic heterocycles. The lowest BCUT2D eigenvalue weighted by Gasteiger charge is -2.16. The van der Waals surface area contributed by atoms with Crippen molar-refractivity contribution in [2.24, 2.45) is 0 Å². The lowest BCUT2D eigenvalue weighted by Crippen LogP contribution is -2.30. The first-order chi connectivity index (χ1) is 15.0. The Labute approximate surface area is 184 Å². The highest BCUT2D eigenvalue weighted by molar-refractivity contribution is 5.77. The van der Waals surface area contributed by atoms with Gasteiger partial charge in [0.1, 0.15) is 11.5 Å². The van der Waals surface area contributed by atoms with E-state index in [1.165, 1.54) is 0 Å². The summed E-state index contributed by atoms with van der Waals surface area (Å²) in [5, 5.41) is 2.92. The van der Waals surface area contributed by atoms with E-state index in [9.17, 15) is 4.79 Å². The fourth-order valence-electron chi connectivity index (χ4n) is 3.33. The van der Waals surface area contributed by atoms with Gasteiger partial charge in [0.2, 0.25) is 0 Å². The molecule has 0 atom stereocenters. The highest BCUT2D eigenvalue weighted by atomic mass is 16.5. The average molecular weight is 419 g/mol. The van der Waals surface area contributed by atoms with Crippen molar-refractivity contribution in [3.05, 3.63) is 83.9 Å². The number of benzene rings is 3. The van der Waals surface area contributed by atoms with E-state index in [-0.39, 0.29) is 12.5 Å².